The Morgan fingerprint density at radius 2 is 1.93 bits per heavy atom. The summed E-state index contributed by atoms with van der Waals surface area (Å²) >= 11 is 0. The van der Waals surface area contributed by atoms with E-state index in [1.54, 1.807) is 0 Å². The monoisotopic (exact) mass is 369 g/mol. The Balaban J connectivity index is 1.56. The van der Waals surface area contributed by atoms with Gasteiger partial charge in [0.25, 0.3) is 5.56 Å². The van der Waals surface area contributed by atoms with Gasteiger partial charge in [0.1, 0.15) is 6.54 Å². The van der Waals surface area contributed by atoms with Gasteiger partial charge in [0.15, 0.2) is 0 Å². The first-order valence-corrected chi connectivity index (χ1v) is 10.1. The first-order chi connectivity index (χ1) is 13.0. The number of benzene rings is 1. The van der Waals surface area contributed by atoms with Gasteiger partial charge in [-0.05, 0) is 68.6 Å². The van der Waals surface area contributed by atoms with Crippen LogP contribution < -0.4 is 10.9 Å². The molecule has 6 nitrogen and oxygen atoms in total. The number of fused-ring (bicyclic) bond motifs is 1. The molecule has 0 radical (unpaired) electrons. The lowest BCUT2D eigenvalue weighted by atomic mass is 9.93. The molecule has 2 aliphatic carbocycles. The number of hydrogen-bond donors (Lipinski definition) is 2. The summed E-state index contributed by atoms with van der Waals surface area (Å²) in [6.45, 7) is 1.96. The van der Waals surface area contributed by atoms with Crippen LogP contribution in [-0.4, -0.2) is 32.9 Å². The highest BCUT2D eigenvalue weighted by atomic mass is 16.3. The second-order valence-corrected chi connectivity index (χ2v) is 7.92. The Hall–Kier alpha value is -2.21. The Morgan fingerprint density at radius 3 is 2.59 bits per heavy atom. The molecule has 0 aliphatic heterocycles. The first-order valence-electron chi connectivity index (χ1n) is 10.1. The largest absolute Gasteiger partial charge is 0.393 e. The average molecular weight is 369 g/mol. The first kappa shape index (κ1) is 18.2. The lowest BCUT2D eigenvalue weighted by Gasteiger charge is -2.26. The minimum Gasteiger partial charge on any atom is -0.393 e. The summed E-state index contributed by atoms with van der Waals surface area (Å²) in [6, 6.07) is 6.11. The number of carbonyl (C=O) groups is 1. The maximum Gasteiger partial charge on any atom is 0.275 e. The van der Waals surface area contributed by atoms with E-state index in [1.807, 2.05) is 19.1 Å². The van der Waals surface area contributed by atoms with Crippen molar-refractivity contribution in [1.29, 1.82) is 0 Å². The molecule has 2 saturated carbocycles. The van der Waals surface area contributed by atoms with E-state index in [0.717, 1.165) is 23.9 Å². The Bertz CT molecular complexity index is 909. The lowest BCUT2D eigenvalue weighted by molar-refractivity contribution is -0.123. The van der Waals surface area contributed by atoms with E-state index in [1.165, 1.54) is 23.1 Å². The summed E-state index contributed by atoms with van der Waals surface area (Å²) in [7, 11) is 0. The van der Waals surface area contributed by atoms with Gasteiger partial charge in [-0.2, -0.15) is 5.10 Å². The molecule has 1 aromatic carbocycles. The zero-order valence-electron chi connectivity index (χ0n) is 15.8. The molecular formula is C21H27N3O3. The Kier molecular flexibility index (Phi) is 5.00. The number of aliphatic hydroxyl groups is 1. The van der Waals surface area contributed by atoms with Crippen molar-refractivity contribution in [2.75, 3.05) is 0 Å². The SMILES string of the molecule is CCc1nn(CC(=O)N[C@H]2CC[C@H](O)CC2)c(=O)c2ccc(C3CC3)cc12. The van der Waals surface area contributed by atoms with Crippen LogP contribution in [0.1, 0.15) is 62.6 Å². The van der Waals surface area contributed by atoms with Gasteiger partial charge < -0.3 is 10.4 Å². The highest BCUT2D eigenvalue weighted by molar-refractivity contribution is 5.85. The second-order valence-electron chi connectivity index (χ2n) is 7.92. The predicted molar refractivity (Wildman–Crippen MR) is 104 cm³/mol. The third kappa shape index (κ3) is 3.90. The number of rotatable bonds is 5. The van der Waals surface area contributed by atoms with E-state index in [4.69, 9.17) is 0 Å². The molecule has 0 atom stereocenters. The van der Waals surface area contributed by atoms with Crippen LogP contribution in [0, 0.1) is 0 Å². The predicted octanol–water partition coefficient (Wildman–Crippen LogP) is 2.26. The summed E-state index contributed by atoms with van der Waals surface area (Å²) < 4.78 is 1.30. The molecule has 0 bridgehead atoms. The molecule has 144 valence electrons. The molecule has 2 aromatic rings. The van der Waals surface area contributed by atoms with Crippen molar-refractivity contribution in [3.05, 3.63) is 39.8 Å². The van der Waals surface area contributed by atoms with Crippen LogP contribution in [0.15, 0.2) is 23.0 Å². The smallest absolute Gasteiger partial charge is 0.275 e. The summed E-state index contributed by atoms with van der Waals surface area (Å²) in [5.74, 6) is 0.434. The topological polar surface area (TPSA) is 84.2 Å². The van der Waals surface area contributed by atoms with Crippen molar-refractivity contribution >= 4 is 16.7 Å². The van der Waals surface area contributed by atoms with E-state index < -0.39 is 0 Å². The number of hydrogen-bond acceptors (Lipinski definition) is 4. The van der Waals surface area contributed by atoms with E-state index in [9.17, 15) is 14.7 Å². The zero-order chi connectivity index (χ0) is 19.0. The molecule has 2 fully saturated rings. The molecule has 2 N–H and O–H groups in total. The van der Waals surface area contributed by atoms with Gasteiger partial charge in [0.05, 0.1) is 17.2 Å². The highest BCUT2D eigenvalue weighted by Crippen LogP contribution is 2.40. The maximum atomic E-state index is 12.9. The van der Waals surface area contributed by atoms with E-state index in [-0.39, 0.29) is 30.2 Å². The summed E-state index contributed by atoms with van der Waals surface area (Å²) in [5, 5.41) is 18.6. The fourth-order valence-electron chi connectivity index (χ4n) is 4.04. The molecular weight excluding hydrogens is 342 g/mol. The van der Waals surface area contributed by atoms with Crippen LogP contribution in [0.25, 0.3) is 10.8 Å². The van der Waals surface area contributed by atoms with Crippen molar-refractivity contribution < 1.29 is 9.90 Å². The van der Waals surface area contributed by atoms with E-state index in [2.05, 4.69) is 16.5 Å². The van der Waals surface area contributed by atoms with E-state index >= 15 is 0 Å². The normalized spacial score (nSPS) is 22.7. The molecule has 27 heavy (non-hydrogen) atoms. The Labute approximate surface area is 158 Å². The second kappa shape index (κ2) is 7.43. The molecule has 0 unspecified atom stereocenters. The molecule has 0 spiro atoms. The number of nitrogens with zero attached hydrogens (tertiary/aromatic N) is 2. The van der Waals surface area contributed by atoms with Gasteiger partial charge in [-0.15, -0.1) is 0 Å². The van der Waals surface area contributed by atoms with Crippen LogP contribution in [0.5, 0.6) is 0 Å². The van der Waals surface area contributed by atoms with Gasteiger partial charge in [-0.3, -0.25) is 9.59 Å². The lowest BCUT2D eigenvalue weighted by Crippen LogP contribution is -2.42. The molecule has 0 saturated heterocycles. The van der Waals surface area contributed by atoms with Crippen molar-refractivity contribution in [2.24, 2.45) is 0 Å². The number of carbonyl (C=O) groups excluding carboxylic acids is 1. The molecule has 4 rings (SSSR count). The fraction of sp³-hybridized carbons (Fsp3) is 0.571. The average Bonchev–Trinajstić information content (AvgIpc) is 3.51. The van der Waals surface area contributed by atoms with Crippen molar-refractivity contribution in [3.63, 3.8) is 0 Å². The van der Waals surface area contributed by atoms with Gasteiger partial charge in [-0.25, -0.2) is 4.68 Å². The quantitative estimate of drug-likeness (QED) is 0.847. The van der Waals surface area contributed by atoms with Crippen molar-refractivity contribution in [2.45, 2.75) is 76.5 Å². The number of amides is 1. The fourth-order valence-corrected chi connectivity index (χ4v) is 4.04. The van der Waals surface area contributed by atoms with E-state index in [0.29, 0.717) is 30.6 Å². The van der Waals surface area contributed by atoms with Crippen molar-refractivity contribution in [3.8, 4) is 0 Å². The molecule has 6 heteroatoms. The zero-order valence-corrected chi connectivity index (χ0v) is 15.8. The molecule has 1 aromatic heterocycles. The van der Waals surface area contributed by atoms with Crippen LogP contribution in [0.4, 0.5) is 0 Å². The van der Waals surface area contributed by atoms with Crippen molar-refractivity contribution in [1.82, 2.24) is 15.1 Å². The van der Waals surface area contributed by atoms with Crippen LogP contribution in [-0.2, 0) is 17.8 Å². The van der Waals surface area contributed by atoms with Gasteiger partial charge in [0, 0.05) is 11.4 Å². The minimum absolute atomic E-state index is 0.0643. The van der Waals surface area contributed by atoms with Gasteiger partial charge >= 0.3 is 0 Å². The number of aromatic nitrogens is 2. The third-order valence-corrected chi connectivity index (χ3v) is 5.80. The number of aryl methyl sites for hydroxylation is 1. The number of nitrogens with one attached hydrogen (secondary N) is 1. The van der Waals surface area contributed by atoms with Gasteiger partial charge in [-0.1, -0.05) is 13.0 Å². The Morgan fingerprint density at radius 1 is 1.19 bits per heavy atom. The molecule has 2 aliphatic rings. The van der Waals surface area contributed by atoms with Crippen LogP contribution in [0.3, 0.4) is 0 Å². The minimum atomic E-state index is -0.254. The van der Waals surface area contributed by atoms with Crippen LogP contribution >= 0.6 is 0 Å². The number of aliphatic hydroxyl groups excluding tert-OH is 1. The molecule has 1 amide bonds. The maximum absolute atomic E-state index is 12.9. The summed E-state index contributed by atoms with van der Waals surface area (Å²) in [4.78, 5) is 25.3. The summed E-state index contributed by atoms with van der Waals surface area (Å²) in [6.07, 6.45) is 5.87. The summed E-state index contributed by atoms with van der Waals surface area (Å²) in [5.41, 5.74) is 1.94. The van der Waals surface area contributed by atoms with Gasteiger partial charge in [0.2, 0.25) is 5.91 Å². The van der Waals surface area contributed by atoms with Crippen LogP contribution in [0.2, 0.25) is 0 Å². The highest BCUT2D eigenvalue weighted by Gasteiger charge is 2.25. The standard InChI is InChI=1S/C21H27N3O3/c1-2-19-18-11-14(13-3-4-13)5-10-17(18)21(27)24(23-19)12-20(26)22-15-6-8-16(25)9-7-15/h5,10-11,13,15-16,25H,2-4,6-9,12H2,1H3,(H,22,26)/t15-,16-. The third-order valence-electron chi connectivity index (χ3n) is 5.80. The molecule has 1 heterocycles.